The van der Waals surface area contributed by atoms with Gasteiger partial charge in [0.1, 0.15) is 5.75 Å². The summed E-state index contributed by atoms with van der Waals surface area (Å²) in [6.45, 7) is 6.55. The summed E-state index contributed by atoms with van der Waals surface area (Å²) in [4.78, 5) is 28.7. The van der Waals surface area contributed by atoms with Crippen molar-refractivity contribution >= 4 is 12.0 Å². The maximum Gasteiger partial charge on any atom is 0.409 e. The number of nitrogens with zero attached hydrogens (tertiary/aromatic N) is 2. The Morgan fingerprint density at radius 2 is 1.97 bits per heavy atom. The number of hydrogen-bond donors (Lipinski definition) is 1. The summed E-state index contributed by atoms with van der Waals surface area (Å²) in [6, 6.07) is 8.33. The van der Waals surface area contributed by atoms with Crippen LogP contribution >= 0.6 is 0 Å². The summed E-state index contributed by atoms with van der Waals surface area (Å²) in [7, 11) is 1.65. The third-order valence-electron chi connectivity index (χ3n) is 6.46. The van der Waals surface area contributed by atoms with Crippen LogP contribution in [0.15, 0.2) is 24.3 Å². The van der Waals surface area contributed by atoms with Gasteiger partial charge in [0.2, 0.25) is 5.91 Å². The van der Waals surface area contributed by atoms with Crippen LogP contribution in [0, 0.1) is 5.92 Å². The lowest BCUT2D eigenvalue weighted by atomic mass is 9.90. The minimum atomic E-state index is -0.183. The Bertz CT molecular complexity index is 719. The monoisotopic (exact) mass is 431 g/mol. The number of benzene rings is 1. The van der Waals surface area contributed by atoms with E-state index in [1.54, 1.807) is 7.11 Å². The van der Waals surface area contributed by atoms with Crippen LogP contribution in [-0.2, 0) is 16.1 Å². The quantitative estimate of drug-likeness (QED) is 0.683. The first kappa shape index (κ1) is 23.4. The lowest BCUT2D eigenvalue weighted by molar-refractivity contribution is -0.121. The van der Waals surface area contributed by atoms with E-state index in [-0.39, 0.29) is 12.0 Å². The van der Waals surface area contributed by atoms with Crippen molar-refractivity contribution in [1.29, 1.82) is 0 Å². The molecule has 1 aromatic rings. The molecule has 2 aliphatic rings. The van der Waals surface area contributed by atoms with Crippen LogP contribution < -0.4 is 10.1 Å². The van der Waals surface area contributed by atoms with E-state index >= 15 is 0 Å². The predicted octanol–water partition coefficient (Wildman–Crippen LogP) is 3.42. The molecule has 31 heavy (non-hydrogen) atoms. The van der Waals surface area contributed by atoms with Crippen LogP contribution in [0.1, 0.15) is 51.0 Å². The van der Waals surface area contributed by atoms with E-state index in [1.165, 1.54) is 12.8 Å². The summed E-state index contributed by atoms with van der Waals surface area (Å²) in [5, 5.41) is 3.03. The molecule has 2 heterocycles. The second kappa shape index (κ2) is 11.9. The van der Waals surface area contributed by atoms with Gasteiger partial charge in [0.15, 0.2) is 0 Å². The van der Waals surface area contributed by atoms with Crippen molar-refractivity contribution < 1.29 is 19.1 Å². The van der Waals surface area contributed by atoms with Crippen LogP contribution in [0.3, 0.4) is 0 Å². The number of amides is 2. The summed E-state index contributed by atoms with van der Waals surface area (Å²) in [5.41, 5.74) is 1.05. The summed E-state index contributed by atoms with van der Waals surface area (Å²) in [6.07, 6.45) is 5.72. The van der Waals surface area contributed by atoms with Crippen molar-refractivity contribution in [2.24, 2.45) is 5.92 Å². The highest BCUT2D eigenvalue weighted by atomic mass is 16.6. The van der Waals surface area contributed by atoms with Gasteiger partial charge in [-0.1, -0.05) is 12.1 Å². The van der Waals surface area contributed by atoms with E-state index in [4.69, 9.17) is 9.47 Å². The van der Waals surface area contributed by atoms with E-state index in [2.05, 4.69) is 10.2 Å². The smallest absolute Gasteiger partial charge is 0.409 e. The van der Waals surface area contributed by atoms with Gasteiger partial charge in [-0.15, -0.1) is 0 Å². The molecule has 0 radical (unpaired) electrons. The molecule has 0 aliphatic carbocycles. The number of ether oxygens (including phenoxy) is 2. The minimum Gasteiger partial charge on any atom is -0.497 e. The SMILES string of the molecule is CCOC(=O)N1CCC(N2CCC[C@H](CCC(=O)NCc3cccc(OC)c3)C2)CC1. The molecule has 2 amide bonds. The zero-order valence-corrected chi connectivity index (χ0v) is 19.0. The minimum absolute atomic E-state index is 0.114. The molecule has 7 nitrogen and oxygen atoms in total. The molecule has 1 aromatic carbocycles. The number of carbonyl (C=O) groups excluding carboxylic acids is 2. The molecule has 0 aromatic heterocycles. The zero-order chi connectivity index (χ0) is 22.1. The number of hydrogen-bond acceptors (Lipinski definition) is 5. The molecule has 1 N–H and O–H groups in total. The molecule has 3 rings (SSSR count). The van der Waals surface area contributed by atoms with Gasteiger partial charge in [-0.25, -0.2) is 4.79 Å². The molecular formula is C24H37N3O4. The number of likely N-dealkylation sites (tertiary alicyclic amines) is 2. The molecule has 1 atom stereocenters. The first-order valence-electron chi connectivity index (χ1n) is 11.6. The number of methoxy groups -OCH3 is 1. The van der Waals surface area contributed by atoms with Crippen molar-refractivity contribution in [3.63, 3.8) is 0 Å². The first-order valence-corrected chi connectivity index (χ1v) is 11.6. The Morgan fingerprint density at radius 1 is 1.16 bits per heavy atom. The maximum absolute atomic E-state index is 12.3. The van der Waals surface area contributed by atoms with Crippen molar-refractivity contribution in [3.05, 3.63) is 29.8 Å². The highest BCUT2D eigenvalue weighted by Gasteiger charge is 2.30. The van der Waals surface area contributed by atoms with Crippen molar-refractivity contribution in [2.75, 3.05) is 39.9 Å². The molecule has 2 saturated heterocycles. The topological polar surface area (TPSA) is 71.1 Å². The molecular weight excluding hydrogens is 394 g/mol. The molecule has 0 bridgehead atoms. The Balaban J connectivity index is 1.37. The average Bonchev–Trinajstić information content (AvgIpc) is 2.82. The van der Waals surface area contributed by atoms with E-state index < -0.39 is 0 Å². The molecule has 2 fully saturated rings. The van der Waals surface area contributed by atoms with Crippen LogP contribution in [0.2, 0.25) is 0 Å². The average molecular weight is 432 g/mol. The van der Waals surface area contributed by atoms with Gasteiger partial charge in [-0.05, 0) is 69.2 Å². The maximum atomic E-state index is 12.3. The Kier molecular flexibility index (Phi) is 9.00. The van der Waals surface area contributed by atoms with Gasteiger partial charge in [-0.2, -0.15) is 0 Å². The summed E-state index contributed by atoms with van der Waals surface area (Å²) >= 11 is 0. The number of piperidine rings is 2. The number of rotatable bonds is 8. The highest BCUT2D eigenvalue weighted by Crippen LogP contribution is 2.26. The first-order chi connectivity index (χ1) is 15.1. The van der Waals surface area contributed by atoms with E-state index in [0.717, 1.165) is 56.8 Å². The van der Waals surface area contributed by atoms with Gasteiger partial charge in [0, 0.05) is 38.6 Å². The Morgan fingerprint density at radius 3 is 2.71 bits per heavy atom. The van der Waals surface area contributed by atoms with Crippen LogP contribution in [0.5, 0.6) is 5.75 Å². The van der Waals surface area contributed by atoms with Crippen molar-refractivity contribution in [3.8, 4) is 5.75 Å². The van der Waals surface area contributed by atoms with Gasteiger partial charge in [0.25, 0.3) is 0 Å². The van der Waals surface area contributed by atoms with Crippen LogP contribution in [0.4, 0.5) is 4.79 Å². The second-order valence-electron chi connectivity index (χ2n) is 8.59. The molecule has 0 saturated carbocycles. The van der Waals surface area contributed by atoms with Crippen LogP contribution in [0.25, 0.3) is 0 Å². The molecule has 7 heteroatoms. The summed E-state index contributed by atoms with van der Waals surface area (Å²) < 4.78 is 10.4. The molecule has 0 spiro atoms. The summed E-state index contributed by atoms with van der Waals surface area (Å²) in [5.74, 6) is 1.49. The Labute approximate surface area is 186 Å². The third kappa shape index (κ3) is 7.13. The fraction of sp³-hybridized carbons (Fsp3) is 0.667. The second-order valence-corrected chi connectivity index (χ2v) is 8.59. The number of carbonyl (C=O) groups is 2. The van der Waals surface area contributed by atoms with Crippen molar-refractivity contribution in [2.45, 2.75) is 58.0 Å². The van der Waals surface area contributed by atoms with Gasteiger partial charge >= 0.3 is 6.09 Å². The Hall–Kier alpha value is -2.28. The van der Waals surface area contributed by atoms with E-state index in [9.17, 15) is 9.59 Å². The van der Waals surface area contributed by atoms with Gasteiger partial charge in [0.05, 0.1) is 13.7 Å². The number of nitrogens with one attached hydrogen (secondary N) is 1. The van der Waals surface area contributed by atoms with Crippen LogP contribution in [-0.4, -0.2) is 67.7 Å². The van der Waals surface area contributed by atoms with Gasteiger partial charge in [-0.3, -0.25) is 9.69 Å². The lowest BCUT2D eigenvalue weighted by Gasteiger charge is -2.42. The molecule has 0 unspecified atom stereocenters. The highest BCUT2D eigenvalue weighted by molar-refractivity contribution is 5.75. The lowest BCUT2D eigenvalue weighted by Crippen LogP contribution is -2.49. The fourth-order valence-corrected chi connectivity index (χ4v) is 4.70. The molecule has 2 aliphatic heterocycles. The molecule has 172 valence electrons. The third-order valence-corrected chi connectivity index (χ3v) is 6.46. The standard InChI is InChI=1S/C24H37N3O4/c1-3-31-24(29)26-14-11-21(12-15-26)27-13-5-7-19(18-27)9-10-23(28)25-17-20-6-4-8-22(16-20)30-2/h4,6,8,16,19,21H,3,5,7,9-15,17-18H2,1-2H3,(H,25,28)/t19-/m1/s1. The van der Waals surface area contributed by atoms with E-state index in [1.807, 2.05) is 36.1 Å². The van der Waals surface area contributed by atoms with E-state index in [0.29, 0.717) is 31.5 Å². The normalized spacial score (nSPS) is 20.3. The van der Waals surface area contributed by atoms with Crippen molar-refractivity contribution in [1.82, 2.24) is 15.1 Å². The zero-order valence-electron chi connectivity index (χ0n) is 19.0. The largest absolute Gasteiger partial charge is 0.497 e. The van der Waals surface area contributed by atoms with Gasteiger partial charge < -0.3 is 19.7 Å². The predicted molar refractivity (Wildman–Crippen MR) is 120 cm³/mol. The fourth-order valence-electron chi connectivity index (χ4n) is 4.70.